The van der Waals surface area contributed by atoms with Crippen molar-refractivity contribution in [3.8, 4) is 17.0 Å². The van der Waals surface area contributed by atoms with Crippen LogP contribution in [-0.4, -0.2) is 4.98 Å². The Morgan fingerprint density at radius 2 is 2.08 bits per heavy atom. The van der Waals surface area contributed by atoms with Crippen LogP contribution in [0, 0.1) is 0 Å². The van der Waals surface area contributed by atoms with Crippen LogP contribution in [0.3, 0.4) is 0 Å². The number of rotatable bonds is 1. The summed E-state index contributed by atoms with van der Waals surface area (Å²) in [5.41, 5.74) is 1.45. The molecule has 0 aliphatic rings. The maximum Gasteiger partial charge on any atom is 1.00 e. The minimum atomic E-state index is 0. The molecule has 0 N–H and O–H groups in total. The van der Waals surface area contributed by atoms with Crippen LogP contribution in [-0.2, 0) is 0 Å². The smallest absolute Gasteiger partial charge is 0.871 e. The number of nitrogens with zero attached hydrogens (tertiary/aromatic N) is 1. The van der Waals surface area contributed by atoms with Crippen molar-refractivity contribution in [3.05, 3.63) is 35.2 Å². The molecular formula is C9H6NNaOS. The first-order valence-corrected chi connectivity index (χ1v) is 4.47. The predicted octanol–water partition coefficient (Wildman–Crippen LogP) is -1.11. The average molecular weight is 199 g/mol. The van der Waals surface area contributed by atoms with Crippen LogP contribution in [0.4, 0.5) is 0 Å². The number of aromatic nitrogens is 1. The number of hydrogen-bond donors (Lipinski definition) is 0. The van der Waals surface area contributed by atoms with Crippen LogP contribution in [0.15, 0.2) is 35.2 Å². The van der Waals surface area contributed by atoms with Gasteiger partial charge in [-0.1, -0.05) is 11.8 Å². The number of pyridine rings is 1. The Balaban J connectivity index is 0.000000845. The Labute approximate surface area is 103 Å². The van der Waals surface area contributed by atoms with Crippen LogP contribution in [0.1, 0.15) is 0 Å². The van der Waals surface area contributed by atoms with E-state index < -0.39 is 0 Å². The van der Waals surface area contributed by atoms with Gasteiger partial charge in [-0.2, -0.15) is 11.3 Å². The molecule has 0 aromatic carbocycles. The SMILES string of the molecule is [Na+].[O-]c1cscc1-c1ccccn1. The van der Waals surface area contributed by atoms with Gasteiger partial charge in [0.25, 0.3) is 0 Å². The second-order valence-corrected chi connectivity index (χ2v) is 3.11. The monoisotopic (exact) mass is 199 g/mol. The molecule has 60 valence electrons. The Morgan fingerprint density at radius 1 is 1.23 bits per heavy atom. The van der Waals surface area contributed by atoms with Gasteiger partial charge in [0, 0.05) is 11.8 Å². The molecule has 2 aromatic heterocycles. The van der Waals surface area contributed by atoms with Gasteiger partial charge in [0.05, 0.1) is 5.69 Å². The summed E-state index contributed by atoms with van der Waals surface area (Å²) in [7, 11) is 0. The van der Waals surface area contributed by atoms with Crippen LogP contribution in [0.25, 0.3) is 11.3 Å². The molecule has 0 radical (unpaired) electrons. The van der Waals surface area contributed by atoms with E-state index in [0.717, 1.165) is 5.69 Å². The first kappa shape index (κ1) is 10.7. The van der Waals surface area contributed by atoms with E-state index in [4.69, 9.17) is 0 Å². The summed E-state index contributed by atoms with van der Waals surface area (Å²) in [5, 5.41) is 14.6. The fourth-order valence-electron chi connectivity index (χ4n) is 0.994. The van der Waals surface area contributed by atoms with E-state index in [1.54, 1.807) is 11.6 Å². The molecule has 0 amide bonds. The summed E-state index contributed by atoms with van der Waals surface area (Å²) >= 11 is 1.41. The zero-order valence-electron chi connectivity index (χ0n) is 7.23. The van der Waals surface area contributed by atoms with Gasteiger partial charge in [0.2, 0.25) is 0 Å². The number of thiophene rings is 1. The minimum absolute atomic E-state index is 0. The van der Waals surface area contributed by atoms with Crippen molar-refractivity contribution >= 4 is 11.3 Å². The van der Waals surface area contributed by atoms with Crippen molar-refractivity contribution in [3.63, 3.8) is 0 Å². The molecule has 0 unspecified atom stereocenters. The fraction of sp³-hybridized carbons (Fsp3) is 0. The molecule has 0 bridgehead atoms. The van der Waals surface area contributed by atoms with Crippen molar-refractivity contribution in [2.24, 2.45) is 0 Å². The normalized spacial score (nSPS) is 9.23. The average Bonchev–Trinajstić information content (AvgIpc) is 2.53. The Morgan fingerprint density at radius 3 is 2.62 bits per heavy atom. The first-order valence-electron chi connectivity index (χ1n) is 3.52. The van der Waals surface area contributed by atoms with Crippen molar-refractivity contribution in [1.29, 1.82) is 0 Å². The molecule has 0 aliphatic heterocycles. The predicted molar refractivity (Wildman–Crippen MR) is 47.0 cm³/mol. The minimum Gasteiger partial charge on any atom is -0.871 e. The molecule has 2 heterocycles. The summed E-state index contributed by atoms with van der Waals surface area (Å²) in [5.74, 6) is 0.0544. The molecule has 0 atom stereocenters. The Kier molecular flexibility index (Phi) is 3.93. The van der Waals surface area contributed by atoms with Gasteiger partial charge in [0.1, 0.15) is 0 Å². The molecule has 2 aromatic rings. The second kappa shape index (κ2) is 4.77. The van der Waals surface area contributed by atoms with E-state index in [1.165, 1.54) is 11.3 Å². The molecule has 0 saturated heterocycles. The van der Waals surface area contributed by atoms with Gasteiger partial charge < -0.3 is 5.11 Å². The molecule has 2 nitrogen and oxygen atoms in total. The van der Waals surface area contributed by atoms with Gasteiger partial charge in [-0.25, -0.2) is 0 Å². The second-order valence-electron chi connectivity index (χ2n) is 2.36. The van der Waals surface area contributed by atoms with Gasteiger partial charge in [-0.15, -0.1) is 0 Å². The third-order valence-corrected chi connectivity index (χ3v) is 2.29. The van der Waals surface area contributed by atoms with E-state index >= 15 is 0 Å². The zero-order valence-corrected chi connectivity index (χ0v) is 10.0. The maximum atomic E-state index is 11.2. The topological polar surface area (TPSA) is 36.0 Å². The van der Waals surface area contributed by atoms with Crippen molar-refractivity contribution in [2.75, 3.05) is 0 Å². The summed E-state index contributed by atoms with van der Waals surface area (Å²) in [4.78, 5) is 4.09. The largest absolute Gasteiger partial charge is 1.00 e. The molecule has 0 spiro atoms. The third-order valence-electron chi connectivity index (χ3n) is 1.57. The van der Waals surface area contributed by atoms with Gasteiger partial charge in [-0.3, -0.25) is 4.98 Å². The maximum absolute atomic E-state index is 11.2. The van der Waals surface area contributed by atoms with E-state index in [2.05, 4.69) is 4.98 Å². The summed E-state index contributed by atoms with van der Waals surface area (Å²) < 4.78 is 0. The van der Waals surface area contributed by atoms with Gasteiger partial charge >= 0.3 is 29.6 Å². The zero-order chi connectivity index (χ0) is 8.39. The molecular weight excluding hydrogens is 193 g/mol. The quantitative estimate of drug-likeness (QED) is 0.546. The van der Waals surface area contributed by atoms with Gasteiger partial charge in [0.15, 0.2) is 0 Å². The molecule has 0 aliphatic carbocycles. The summed E-state index contributed by atoms with van der Waals surface area (Å²) in [6.07, 6.45) is 1.69. The van der Waals surface area contributed by atoms with Gasteiger partial charge in [-0.05, 0) is 22.9 Å². The van der Waals surface area contributed by atoms with E-state index in [-0.39, 0.29) is 35.3 Å². The number of hydrogen-bond acceptors (Lipinski definition) is 3. The molecule has 0 fully saturated rings. The summed E-state index contributed by atoms with van der Waals surface area (Å²) in [6.45, 7) is 0. The van der Waals surface area contributed by atoms with Crippen LogP contribution < -0.4 is 34.7 Å². The van der Waals surface area contributed by atoms with Crippen molar-refractivity contribution in [1.82, 2.24) is 4.98 Å². The molecule has 13 heavy (non-hydrogen) atoms. The summed E-state index contributed by atoms with van der Waals surface area (Å²) in [6, 6.07) is 5.54. The Bertz CT molecular complexity index is 374. The molecule has 4 heteroatoms. The van der Waals surface area contributed by atoms with Crippen LogP contribution >= 0.6 is 11.3 Å². The van der Waals surface area contributed by atoms with Crippen LogP contribution in [0.2, 0.25) is 0 Å². The molecule has 2 rings (SSSR count). The van der Waals surface area contributed by atoms with Crippen molar-refractivity contribution < 1.29 is 34.7 Å². The van der Waals surface area contributed by atoms with Crippen molar-refractivity contribution in [2.45, 2.75) is 0 Å². The van der Waals surface area contributed by atoms with Crippen LogP contribution in [0.5, 0.6) is 5.75 Å². The Hall–Kier alpha value is -0.350. The fourth-order valence-corrected chi connectivity index (χ4v) is 1.69. The standard InChI is InChI=1S/C9H7NOS.Na/c11-9-6-12-5-7(9)8-3-1-2-4-10-8;/h1-6,11H;/q;+1/p-1. The van der Waals surface area contributed by atoms with E-state index in [9.17, 15) is 5.11 Å². The van der Waals surface area contributed by atoms with E-state index in [0.29, 0.717) is 5.56 Å². The first-order chi connectivity index (χ1) is 5.88. The molecule has 0 saturated carbocycles. The third kappa shape index (κ3) is 2.31. The van der Waals surface area contributed by atoms with E-state index in [1.807, 2.05) is 23.6 Å².